The molecule has 0 saturated heterocycles. The molecule has 18 heavy (non-hydrogen) atoms. The normalized spacial score (nSPS) is 11.9. The monoisotopic (exact) mass is 272 g/mol. The molecule has 0 heterocycles. The molecule has 0 saturated carbocycles. The molecule has 0 aliphatic heterocycles. The second kappa shape index (κ2) is 14.9. The van der Waals surface area contributed by atoms with Gasteiger partial charge >= 0.3 is 0 Å². The lowest BCUT2D eigenvalue weighted by Gasteiger charge is -2.01. The average Bonchev–Trinajstić information content (AvgIpc) is 2.37. The second-order valence-electron chi connectivity index (χ2n) is 4.89. The third-order valence-corrected chi connectivity index (χ3v) is 3.30. The van der Waals surface area contributed by atoms with Crippen molar-refractivity contribution >= 4 is 11.6 Å². The van der Waals surface area contributed by atoms with Crippen molar-refractivity contribution in [3.8, 4) is 11.8 Å². The van der Waals surface area contributed by atoms with Crippen molar-refractivity contribution < 1.29 is 5.11 Å². The SMILES string of the molecule is CCCCC[C@H](O)C#CCCCCCCCCCl. The molecule has 1 atom stereocenters. The zero-order valence-corrected chi connectivity index (χ0v) is 12.6. The van der Waals surface area contributed by atoms with Crippen molar-refractivity contribution in [3.05, 3.63) is 0 Å². The Balaban J connectivity index is 3.26. The minimum atomic E-state index is -0.403. The highest BCUT2D eigenvalue weighted by Gasteiger charge is 1.97. The van der Waals surface area contributed by atoms with Gasteiger partial charge in [0.15, 0.2) is 0 Å². The largest absolute Gasteiger partial charge is 0.380 e. The predicted molar refractivity (Wildman–Crippen MR) is 81.0 cm³/mol. The maximum Gasteiger partial charge on any atom is 0.114 e. The molecule has 1 N–H and O–H groups in total. The standard InChI is InChI=1S/C16H29ClO/c1-2-3-10-13-16(18)14-11-8-6-4-5-7-9-12-15-17/h16,18H,2-10,12-13,15H2,1H3/t16-/m0/s1. The first-order valence-electron chi connectivity index (χ1n) is 7.53. The van der Waals surface area contributed by atoms with Gasteiger partial charge in [-0.25, -0.2) is 0 Å². The smallest absolute Gasteiger partial charge is 0.114 e. The van der Waals surface area contributed by atoms with E-state index in [1.54, 1.807) is 0 Å². The van der Waals surface area contributed by atoms with Crippen LogP contribution in [0, 0.1) is 11.8 Å². The molecule has 0 aliphatic rings. The molecule has 0 aromatic carbocycles. The van der Waals surface area contributed by atoms with Crippen LogP contribution in [0.5, 0.6) is 0 Å². The first kappa shape index (κ1) is 17.8. The van der Waals surface area contributed by atoms with Gasteiger partial charge in [-0.05, 0) is 25.7 Å². The maximum absolute atomic E-state index is 9.59. The van der Waals surface area contributed by atoms with Gasteiger partial charge in [0.05, 0.1) is 0 Å². The van der Waals surface area contributed by atoms with E-state index in [9.17, 15) is 5.11 Å². The van der Waals surface area contributed by atoms with Gasteiger partial charge in [0.1, 0.15) is 6.10 Å². The molecule has 0 radical (unpaired) electrons. The molecule has 0 fully saturated rings. The maximum atomic E-state index is 9.59. The summed E-state index contributed by atoms with van der Waals surface area (Å²) in [6.07, 6.45) is 12.2. The van der Waals surface area contributed by atoms with E-state index >= 15 is 0 Å². The molecular weight excluding hydrogens is 244 g/mol. The van der Waals surface area contributed by atoms with Crippen LogP contribution in [0.1, 0.15) is 77.6 Å². The van der Waals surface area contributed by atoms with Crippen LogP contribution < -0.4 is 0 Å². The van der Waals surface area contributed by atoms with Crippen molar-refractivity contribution in [3.63, 3.8) is 0 Å². The number of aliphatic hydroxyl groups excluding tert-OH is 1. The fourth-order valence-electron chi connectivity index (χ4n) is 1.86. The van der Waals surface area contributed by atoms with E-state index in [-0.39, 0.29) is 0 Å². The summed E-state index contributed by atoms with van der Waals surface area (Å²) in [5.41, 5.74) is 0. The van der Waals surface area contributed by atoms with E-state index in [1.165, 1.54) is 38.5 Å². The van der Waals surface area contributed by atoms with E-state index in [4.69, 9.17) is 11.6 Å². The summed E-state index contributed by atoms with van der Waals surface area (Å²) in [6, 6.07) is 0. The highest BCUT2D eigenvalue weighted by atomic mass is 35.5. The Morgan fingerprint density at radius 3 is 2.28 bits per heavy atom. The van der Waals surface area contributed by atoms with Gasteiger partial charge in [-0.15, -0.1) is 17.5 Å². The molecular formula is C16H29ClO. The average molecular weight is 273 g/mol. The zero-order valence-electron chi connectivity index (χ0n) is 11.9. The quantitative estimate of drug-likeness (QED) is 0.322. The van der Waals surface area contributed by atoms with Gasteiger partial charge in [0, 0.05) is 12.3 Å². The summed E-state index contributed by atoms with van der Waals surface area (Å²) in [5.74, 6) is 6.83. The number of hydrogen-bond acceptors (Lipinski definition) is 1. The van der Waals surface area contributed by atoms with Gasteiger partial charge in [0.2, 0.25) is 0 Å². The minimum Gasteiger partial charge on any atom is -0.380 e. The third kappa shape index (κ3) is 13.9. The fourth-order valence-corrected chi connectivity index (χ4v) is 2.05. The van der Waals surface area contributed by atoms with Crippen molar-refractivity contribution in [1.29, 1.82) is 0 Å². The Hall–Kier alpha value is -0.190. The zero-order chi connectivity index (χ0) is 13.5. The fraction of sp³-hybridized carbons (Fsp3) is 0.875. The van der Waals surface area contributed by atoms with Crippen LogP contribution in [0.2, 0.25) is 0 Å². The van der Waals surface area contributed by atoms with Crippen LogP contribution >= 0.6 is 11.6 Å². The van der Waals surface area contributed by atoms with Crippen LogP contribution in [0.3, 0.4) is 0 Å². The summed E-state index contributed by atoms with van der Waals surface area (Å²) in [7, 11) is 0. The third-order valence-electron chi connectivity index (χ3n) is 3.04. The Kier molecular flexibility index (Phi) is 14.7. The molecule has 0 unspecified atom stereocenters. The first-order valence-corrected chi connectivity index (χ1v) is 8.07. The minimum absolute atomic E-state index is 0.403. The first-order chi connectivity index (χ1) is 8.81. The van der Waals surface area contributed by atoms with Gasteiger partial charge < -0.3 is 5.11 Å². The highest BCUT2D eigenvalue weighted by molar-refractivity contribution is 6.17. The number of unbranched alkanes of at least 4 members (excludes halogenated alkanes) is 8. The molecule has 0 aromatic rings. The van der Waals surface area contributed by atoms with Crippen LogP contribution in [-0.2, 0) is 0 Å². The molecule has 0 aliphatic carbocycles. The molecule has 0 bridgehead atoms. The summed E-state index contributed by atoms with van der Waals surface area (Å²) in [4.78, 5) is 0. The molecule has 1 nitrogen and oxygen atoms in total. The molecule has 0 aromatic heterocycles. The Morgan fingerprint density at radius 1 is 0.944 bits per heavy atom. The van der Waals surface area contributed by atoms with Crippen LogP contribution in [0.4, 0.5) is 0 Å². The number of hydrogen-bond donors (Lipinski definition) is 1. The van der Waals surface area contributed by atoms with Gasteiger partial charge in [-0.3, -0.25) is 0 Å². The van der Waals surface area contributed by atoms with Crippen LogP contribution in [0.15, 0.2) is 0 Å². The molecule has 0 amide bonds. The lowest BCUT2D eigenvalue weighted by molar-refractivity contribution is 0.217. The van der Waals surface area contributed by atoms with Crippen molar-refractivity contribution in [2.75, 3.05) is 5.88 Å². The van der Waals surface area contributed by atoms with E-state index in [0.717, 1.165) is 38.0 Å². The summed E-state index contributed by atoms with van der Waals surface area (Å²) in [5, 5.41) is 9.59. The van der Waals surface area contributed by atoms with Crippen molar-refractivity contribution in [2.24, 2.45) is 0 Å². The lowest BCUT2D eigenvalue weighted by atomic mass is 10.1. The van der Waals surface area contributed by atoms with Gasteiger partial charge in [0.25, 0.3) is 0 Å². The van der Waals surface area contributed by atoms with Crippen LogP contribution in [-0.4, -0.2) is 17.1 Å². The van der Waals surface area contributed by atoms with E-state index in [1.807, 2.05) is 0 Å². The van der Waals surface area contributed by atoms with E-state index < -0.39 is 6.10 Å². The number of alkyl halides is 1. The van der Waals surface area contributed by atoms with E-state index in [0.29, 0.717) is 0 Å². The molecule has 2 heteroatoms. The van der Waals surface area contributed by atoms with Crippen LogP contribution in [0.25, 0.3) is 0 Å². The molecule has 106 valence electrons. The van der Waals surface area contributed by atoms with E-state index in [2.05, 4.69) is 18.8 Å². The molecule has 0 rings (SSSR count). The predicted octanol–water partition coefficient (Wildman–Crippen LogP) is 4.90. The Bertz CT molecular complexity index is 217. The van der Waals surface area contributed by atoms with Crippen molar-refractivity contribution in [1.82, 2.24) is 0 Å². The lowest BCUT2D eigenvalue weighted by Crippen LogP contribution is -2.01. The Morgan fingerprint density at radius 2 is 1.61 bits per heavy atom. The molecule has 0 spiro atoms. The number of halogens is 1. The second-order valence-corrected chi connectivity index (χ2v) is 5.27. The number of rotatable bonds is 11. The summed E-state index contributed by atoms with van der Waals surface area (Å²) in [6.45, 7) is 2.17. The van der Waals surface area contributed by atoms with Gasteiger partial charge in [-0.2, -0.15) is 0 Å². The Labute approximate surface area is 118 Å². The van der Waals surface area contributed by atoms with Crippen molar-refractivity contribution in [2.45, 2.75) is 83.7 Å². The van der Waals surface area contributed by atoms with Gasteiger partial charge in [-0.1, -0.05) is 51.4 Å². The topological polar surface area (TPSA) is 20.2 Å². The summed E-state index contributed by atoms with van der Waals surface area (Å²) < 4.78 is 0. The summed E-state index contributed by atoms with van der Waals surface area (Å²) >= 11 is 5.62. The number of aliphatic hydroxyl groups is 1. The highest BCUT2D eigenvalue weighted by Crippen LogP contribution is 2.07.